The molecule has 4 rings (SSSR count). The number of hydrogen-bond donors (Lipinski definition) is 1. The summed E-state index contributed by atoms with van der Waals surface area (Å²) in [4.78, 5) is 24.6. The van der Waals surface area contributed by atoms with Crippen molar-refractivity contribution in [1.82, 2.24) is 4.90 Å². The van der Waals surface area contributed by atoms with E-state index in [1.54, 1.807) is 30.3 Å². The molecule has 1 fully saturated rings. The van der Waals surface area contributed by atoms with Gasteiger partial charge in [0.1, 0.15) is 0 Å². The summed E-state index contributed by atoms with van der Waals surface area (Å²) in [5, 5.41) is -0.269. The van der Waals surface area contributed by atoms with Gasteiger partial charge in [0.15, 0.2) is 11.5 Å². The molecule has 0 atom stereocenters. The fourth-order valence-electron chi connectivity index (χ4n) is 2.92. The van der Waals surface area contributed by atoms with Gasteiger partial charge >= 0.3 is 0 Å². The van der Waals surface area contributed by atoms with Crippen LogP contribution in [0.2, 0.25) is 0 Å². The van der Waals surface area contributed by atoms with Crippen LogP contribution in [0.3, 0.4) is 0 Å². The summed E-state index contributed by atoms with van der Waals surface area (Å²) in [5.41, 5.74) is 1.10. The Balaban J connectivity index is 1.47. The molecule has 1 N–H and O–H groups in total. The van der Waals surface area contributed by atoms with Crippen LogP contribution in [0.5, 0.6) is 11.5 Å². The molecule has 152 valence electrons. The number of hydrogen-bond acceptors (Lipinski definition) is 7. The second kappa shape index (κ2) is 7.96. The van der Waals surface area contributed by atoms with Crippen molar-refractivity contribution in [3.63, 3.8) is 0 Å². The van der Waals surface area contributed by atoms with Gasteiger partial charge in [0.05, 0.1) is 30.4 Å². The Bertz CT molecular complexity index is 1040. The van der Waals surface area contributed by atoms with E-state index in [4.69, 9.17) is 9.47 Å². The zero-order chi connectivity index (χ0) is 20.4. The van der Waals surface area contributed by atoms with E-state index >= 15 is 0 Å². The second-order valence-electron chi connectivity index (χ2n) is 6.50. The van der Waals surface area contributed by atoms with Crippen molar-refractivity contribution in [3.8, 4) is 11.5 Å². The Morgan fingerprint density at radius 3 is 2.41 bits per heavy atom. The number of fused-ring (bicyclic) bond motifs is 1. The molecule has 2 aromatic carbocycles. The van der Waals surface area contributed by atoms with Crippen LogP contribution in [-0.4, -0.2) is 43.4 Å². The largest absolute Gasteiger partial charge is 0.490 e. The molecule has 0 aliphatic carbocycles. The van der Waals surface area contributed by atoms with E-state index in [-0.39, 0.29) is 28.3 Å². The van der Waals surface area contributed by atoms with Crippen molar-refractivity contribution < 1.29 is 27.5 Å². The van der Waals surface area contributed by atoms with Crippen LogP contribution < -0.4 is 14.2 Å². The number of amides is 2. The van der Waals surface area contributed by atoms with E-state index in [2.05, 4.69) is 4.72 Å². The lowest BCUT2D eigenvalue weighted by molar-refractivity contribution is -0.125. The van der Waals surface area contributed by atoms with Crippen molar-refractivity contribution in [2.75, 3.05) is 23.7 Å². The Hall–Kier alpha value is -2.72. The lowest BCUT2D eigenvalue weighted by atomic mass is 10.2. The van der Waals surface area contributed by atoms with E-state index in [0.717, 1.165) is 23.7 Å². The Labute approximate surface area is 172 Å². The highest BCUT2D eigenvalue weighted by molar-refractivity contribution is 8.14. The van der Waals surface area contributed by atoms with Gasteiger partial charge in [-0.25, -0.2) is 8.42 Å². The molecule has 0 aromatic heterocycles. The Kier molecular flexibility index (Phi) is 5.37. The summed E-state index contributed by atoms with van der Waals surface area (Å²) in [6.07, 6.45) is 0.731. The standard InChI is InChI=1S/C19H18N2O6S2/c22-18-12-28-19(23)21(18)11-13-2-4-14(5-3-13)20-29(24,25)15-6-7-16-17(10-15)27-9-1-8-26-16/h2-7,10,20H,1,8-9,11-12H2. The maximum absolute atomic E-state index is 12.7. The van der Waals surface area contributed by atoms with Gasteiger partial charge in [0, 0.05) is 18.2 Å². The molecule has 2 amide bonds. The highest BCUT2D eigenvalue weighted by atomic mass is 32.2. The smallest absolute Gasteiger partial charge is 0.289 e. The SMILES string of the molecule is O=C1CSC(=O)N1Cc1ccc(NS(=O)(=O)c2ccc3c(c2)OCCCO3)cc1. The lowest BCUT2D eigenvalue weighted by Gasteiger charge is -2.14. The van der Waals surface area contributed by atoms with Gasteiger partial charge in [0.25, 0.3) is 15.3 Å². The van der Waals surface area contributed by atoms with Crippen LogP contribution in [0.1, 0.15) is 12.0 Å². The Morgan fingerprint density at radius 2 is 1.72 bits per heavy atom. The van der Waals surface area contributed by atoms with E-state index in [1.165, 1.54) is 17.0 Å². The predicted molar refractivity (Wildman–Crippen MR) is 108 cm³/mol. The van der Waals surface area contributed by atoms with Gasteiger partial charge in [0.2, 0.25) is 5.91 Å². The molecule has 8 nitrogen and oxygen atoms in total. The summed E-state index contributed by atoms with van der Waals surface area (Å²) in [7, 11) is -3.82. The molecule has 1 saturated heterocycles. The third-order valence-corrected chi connectivity index (χ3v) is 6.65. The Morgan fingerprint density at radius 1 is 1.00 bits per heavy atom. The van der Waals surface area contributed by atoms with Gasteiger partial charge in [-0.15, -0.1) is 0 Å². The summed E-state index contributed by atoms with van der Waals surface area (Å²) in [5.74, 6) is 0.861. The predicted octanol–water partition coefficient (Wildman–Crippen LogP) is 2.84. The number of benzene rings is 2. The minimum Gasteiger partial charge on any atom is -0.490 e. The molecule has 0 spiro atoms. The van der Waals surface area contributed by atoms with Gasteiger partial charge in [-0.05, 0) is 29.8 Å². The van der Waals surface area contributed by atoms with Crippen molar-refractivity contribution in [2.24, 2.45) is 0 Å². The van der Waals surface area contributed by atoms with Crippen molar-refractivity contribution >= 4 is 38.6 Å². The molecule has 0 unspecified atom stereocenters. The van der Waals surface area contributed by atoms with Crippen LogP contribution in [0.25, 0.3) is 0 Å². The fraction of sp³-hybridized carbons (Fsp3) is 0.263. The number of nitrogens with zero attached hydrogens (tertiary/aromatic N) is 1. The molecular formula is C19H18N2O6S2. The van der Waals surface area contributed by atoms with Crippen molar-refractivity contribution in [3.05, 3.63) is 48.0 Å². The third kappa shape index (κ3) is 4.33. The van der Waals surface area contributed by atoms with Crippen molar-refractivity contribution in [1.29, 1.82) is 0 Å². The zero-order valence-electron chi connectivity index (χ0n) is 15.3. The number of imide groups is 1. The molecular weight excluding hydrogens is 416 g/mol. The van der Waals surface area contributed by atoms with Crippen LogP contribution in [0, 0.1) is 0 Å². The first-order valence-corrected chi connectivity index (χ1v) is 11.4. The van der Waals surface area contributed by atoms with Gasteiger partial charge in [-0.1, -0.05) is 23.9 Å². The first kappa shape index (κ1) is 19.6. The lowest BCUT2D eigenvalue weighted by Crippen LogP contribution is -2.27. The number of carbonyl (C=O) groups excluding carboxylic acids is 2. The summed E-state index contributed by atoms with van der Waals surface area (Å²) >= 11 is 0.979. The van der Waals surface area contributed by atoms with Crippen LogP contribution in [-0.2, 0) is 21.4 Å². The van der Waals surface area contributed by atoms with Crippen LogP contribution >= 0.6 is 11.8 Å². The minimum atomic E-state index is -3.82. The highest BCUT2D eigenvalue weighted by Crippen LogP contribution is 2.32. The second-order valence-corrected chi connectivity index (χ2v) is 9.10. The molecule has 0 radical (unpaired) electrons. The zero-order valence-corrected chi connectivity index (χ0v) is 16.9. The average Bonchev–Trinajstić information content (AvgIpc) is 2.90. The first-order valence-electron chi connectivity index (χ1n) is 8.91. The average molecular weight is 434 g/mol. The fourth-order valence-corrected chi connectivity index (χ4v) is 4.72. The molecule has 2 heterocycles. The van der Waals surface area contributed by atoms with Crippen LogP contribution in [0.15, 0.2) is 47.4 Å². The maximum atomic E-state index is 12.7. The summed E-state index contributed by atoms with van der Waals surface area (Å²) in [6, 6.07) is 11.0. The van der Waals surface area contributed by atoms with Crippen molar-refractivity contribution in [2.45, 2.75) is 17.9 Å². The van der Waals surface area contributed by atoms with Crippen LogP contribution in [0.4, 0.5) is 10.5 Å². The molecule has 2 aliphatic rings. The topological polar surface area (TPSA) is 102 Å². The van der Waals surface area contributed by atoms with E-state index < -0.39 is 10.0 Å². The van der Waals surface area contributed by atoms with E-state index in [0.29, 0.717) is 30.4 Å². The normalized spacial score (nSPS) is 16.6. The first-order chi connectivity index (χ1) is 13.9. The van der Waals surface area contributed by atoms with E-state index in [9.17, 15) is 18.0 Å². The third-order valence-electron chi connectivity index (χ3n) is 4.42. The highest BCUT2D eigenvalue weighted by Gasteiger charge is 2.29. The molecule has 29 heavy (non-hydrogen) atoms. The van der Waals surface area contributed by atoms with Gasteiger partial charge in [-0.3, -0.25) is 19.2 Å². The number of ether oxygens (including phenoxy) is 2. The molecule has 0 saturated carbocycles. The number of carbonyl (C=O) groups is 2. The maximum Gasteiger partial charge on any atom is 0.289 e. The summed E-state index contributed by atoms with van der Waals surface area (Å²) in [6.45, 7) is 1.16. The molecule has 10 heteroatoms. The van der Waals surface area contributed by atoms with E-state index in [1.807, 2.05) is 0 Å². The number of sulfonamides is 1. The molecule has 2 aliphatic heterocycles. The number of nitrogens with one attached hydrogen (secondary N) is 1. The number of anilines is 1. The number of thioether (sulfide) groups is 1. The number of rotatable bonds is 5. The molecule has 2 aromatic rings. The van der Waals surface area contributed by atoms with Gasteiger partial charge < -0.3 is 9.47 Å². The summed E-state index contributed by atoms with van der Waals surface area (Å²) < 4.78 is 39.0. The quantitative estimate of drug-likeness (QED) is 0.772. The minimum absolute atomic E-state index is 0.0658. The van der Waals surface area contributed by atoms with Gasteiger partial charge in [-0.2, -0.15) is 0 Å². The molecule has 0 bridgehead atoms. The monoisotopic (exact) mass is 434 g/mol.